The van der Waals surface area contributed by atoms with E-state index in [1.165, 1.54) is 15.9 Å². The SMILES string of the molecule is CC(C)c1ccc(NC(=O)[C@@H]2CCCN(S(=O)(=O)Cc3ccc(Cl)cc3Cl)C2)cc1. The molecule has 1 atom stereocenters. The molecule has 0 aliphatic carbocycles. The van der Waals surface area contributed by atoms with Crippen LogP contribution in [0.5, 0.6) is 0 Å². The predicted octanol–water partition coefficient (Wildman–Crippen LogP) is 5.30. The molecule has 30 heavy (non-hydrogen) atoms. The zero-order valence-electron chi connectivity index (χ0n) is 17.1. The third-order valence-corrected chi connectivity index (χ3v) is 7.73. The molecule has 1 amide bonds. The van der Waals surface area contributed by atoms with Gasteiger partial charge in [-0.05, 0) is 54.2 Å². The van der Waals surface area contributed by atoms with Gasteiger partial charge in [-0.25, -0.2) is 12.7 Å². The van der Waals surface area contributed by atoms with Crippen molar-refractivity contribution in [1.29, 1.82) is 0 Å². The number of amides is 1. The number of anilines is 1. The van der Waals surface area contributed by atoms with E-state index in [9.17, 15) is 13.2 Å². The van der Waals surface area contributed by atoms with Gasteiger partial charge in [-0.3, -0.25) is 4.79 Å². The quantitative estimate of drug-likeness (QED) is 0.625. The summed E-state index contributed by atoms with van der Waals surface area (Å²) in [5.74, 6) is -0.342. The highest BCUT2D eigenvalue weighted by molar-refractivity contribution is 7.88. The zero-order chi connectivity index (χ0) is 21.9. The number of hydrogen-bond donors (Lipinski definition) is 1. The predicted molar refractivity (Wildman–Crippen MR) is 123 cm³/mol. The van der Waals surface area contributed by atoms with Crippen molar-refractivity contribution >= 4 is 44.8 Å². The van der Waals surface area contributed by atoms with Gasteiger partial charge in [-0.15, -0.1) is 0 Å². The molecular formula is C22H26Cl2N2O3S. The lowest BCUT2D eigenvalue weighted by molar-refractivity contribution is -0.120. The highest BCUT2D eigenvalue weighted by atomic mass is 35.5. The fraction of sp³-hybridized carbons (Fsp3) is 0.409. The Bertz CT molecular complexity index is 1010. The van der Waals surface area contributed by atoms with Crippen LogP contribution in [0.1, 0.15) is 43.7 Å². The molecule has 2 aromatic rings. The number of carbonyl (C=O) groups excluding carboxylic acids is 1. The van der Waals surface area contributed by atoms with E-state index < -0.39 is 10.0 Å². The molecule has 1 heterocycles. The van der Waals surface area contributed by atoms with Crippen LogP contribution in [0.25, 0.3) is 0 Å². The molecule has 0 spiro atoms. The second kappa shape index (κ2) is 9.69. The molecule has 0 radical (unpaired) electrons. The minimum absolute atomic E-state index is 0.156. The van der Waals surface area contributed by atoms with Crippen LogP contribution in [0.4, 0.5) is 5.69 Å². The smallest absolute Gasteiger partial charge is 0.228 e. The van der Waals surface area contributed by atoms with Gasteiger partial charge in [0.25, 0.3) is 0 Å². The van der Waals surface area contributed by atoms with Gasteiger partial charge in [0.05, 0.1) is 11.7 Å². The third kappa shape index (κ3) is 5.76. The van der Waals surface area contributed by atoms with E-state index in [1.807, 2.05) is 24.3 Å². The summed E-state index contributed by atoms with van der Waals surface area (Å²) in [5.41, 5.74) is 2.42. The lowest BCUT2D eigenvalue weighted by Gasteiger charge is -2.31. The topological polar surface area (TPSA) is 66.5 Å². The summed E-state index contributed by atoms with van der Waals surface area (Å²) in [6.07, 6.45) is 1.29. The maximum atomic E-state index is 12.9. The van der Waals surface area contributed by atoms with Crippen LogP contribution in [0, 0.1) is 5.92 Å². The molecule has 1 aliphatic rings. The summed E-state index contributed by atoms with van der Waals surface area (Å²) in [7, 11) is -3.60. The number of benzene rings is 2. The van der Waals surface area contributed by atoms with Crippen LogP contribution in [-0.2, 0) is 20.6 Å². The number of nitrogens with one attached hydrogen (secondary N) is 1. The normalized spacial score (nSPS) is 17.8. The van der Waals surface area contributed by atoms with Gasteiger partial charge in [-0.2, -0.15) is 0 Å². The largest absolute Gasteiger partial charge is 0.326 e. The fourth-order valence-electron chi connectivity index (χ4n) is 3.53. The third-order valence-electron chi connectivity index (χ3n) is 5.35. The van der Waals surface area contributed by atoms with Crippen LogP contribution >= 0.6 is 23.2 Å². The molecule has 5 nitrogen and oxygen atoms in total. The molecule has 3 rings (SSSR count). The molecule has 162 valence electrons. The number of piperidine rings is 1. The van der Waals surface area contributed by atoms with Crippen LogP contribution in [0.15, 0.2) is 42.5 Å². The molecule has 0 saturated carbocycles. The summed E-state index contributed by atoms with van der Waals surface area (Å²) in [6.45, 7) is 4.80. The Morgan fingerprint density at radius 1 is 1.17 bits per heavy atom. The van der Waals surface area contributed by atoms with Gasteiger partial charge in [0.15, 0.2) is 0 Å². The highest BCUT2D eigenvalue weighted by Crippen LogP contribution is 2.27. The number of carbonyl (C=O) groups is 1. The van der Waals surface area contributed by atoms with Crippen LogP contribution in [0.2, 0.25) is 10.0 Å². The highest BCUT2D eigenvalue weighted by Gasteiger charge is 2.32. The van der Waals surface area contributed by atoms with Gasteiger partial charge in [0.2, 0.25) is 15.9 Å². The van der Waals surface area contributed by atoms with E-state index in [0.29, 0.717) is 40.9 Å². The summed E-state index contributed by atoms with van der Waals surface area (Å²) >= 11 is 12.0. The Balaban J connectivity index is 1.65. The molecule has 1 aliphatic heterocycles. The molecule has 0 bridgehead atoms. The number of halogens is 2. The van der Waals surface area contributed by atoms with Crippen LogP contribution in [-0.4, -0.2) is 31.7 Å². The first-order chi connectivity index (χ1) is 14.2. The average Bonchev–Trinajstić information content (AvgIpc) is 2.70. The molecular weight excluding hydrogens is 443 g/mol. The number of sulfonamides is 1. The van der Waals surface area contributed by atoms with E-state index in [2.05, 4.69) is 19.2 Å². The Morgan fingerprint density at radius 2 is 1.87 bits per heavy atom. The Morgan fingerprint density at radius 3 is 2.50 bits per heavy atom. The average molecular weight is 469 g/mol. The van der Waals surface area contributed by atoms with E-state index in [1.54, 1.807) is 12.1 Å². The van der Waals surface area contributed by atoms with Crippen LogP contribution in [0.3, 0.4) is 0 Å². The first-order valence-electron chi connectivity index (χ1n) is 9.98. The van der Waals surface area contributed by atoms with Crippen molar-refractivity contribution in [2.45, 2.75) is 38.4 Å². The second-order valence-electron chi connectivity index (χ2n) is 7.96. The minimum Gasteiger partial charge on any atom is -0.326 e. The standard InChI is InChI=1S/C22H26Cl2N2O3S/c1-15(2)16-6-9-20(10-7-16)25-22(27)17-4-3-11-26(13-17)30(28,29)14-18-5-8-19(23)12-21(18)24/h5-10,12,15,17H,3-4,11,13-14H2,1-2H3,(H,25,27)/t17-/m1/s1. The molecule has 0 aromatic heterocycles. The lowest BCUT2D eigenvalue weighted by atomic mass is 9.98. The van der Waals surface area contributed by atoms with Crippen molar-refractivity contribution in [3.8, 4) is 0 Å². The van der Waals surface area contributed by atoms with Gasteiger partial charge < -0.3 is 5.32 Å². The summed E-state index contributed by atoms with van der Waals surface area (Å²) in [4.78, 5) is 12.7. The van der Waals surface area contributed by atoms with E-state index in [4.69, 9.17) is 23.2 Å². The molecule has 0 unspecified atom stereocenters. The maximum Gasteiger partial charge on any atom is 0.228 e. The summed E-state index contributed by atoms with van der Waals surface area (Å²) in [6, 6.07) is 12.5. The molecule has 2 aromatic carbocycles. The first-order valence-corrected chi connectivity index (χ1v) is 12.3. The van der Waals surface area contributed by atoms with E-state index in [-0.39, 0.29) is 24.1 Å². The minimum atomic E-state index is -3.60. The molecule has 1 saturated heterocycles. The fourth-order valence-corrected chi connectivity index (χ4v) is 5.73. The lowest BCUT2D eigenvalue weighted by Crippen LogP contribution is -2.44. The van der Waals surface area contributed by atoms with Crippen molar-refractivity contribution < 1.29 is 13.2 Å². The first kappa shape index (κ1) is 23.1. The molecule has 1 N–H and O–H groups in total. The summed E-state index contributed by atoms with van der Waals surface area (Å²) < 4.78 is 27.2. The maximum absolute atomic E-state index is 12.9. The number of rotatable bonds is 6. The van der Waals surface area contributed by atoms with E-state index in [0.717, 1.165) is 5.69 Å². The van der Waals surface area contributed by atoms with E-state index >= 15 is 0 Å². The van der Waals surface area contributed by atoms with Gasteiger partial charge in [0, 0.05) is 28.8 Å². The number of hydrogen-bond acceptors (Lipinski definition) is 3. The van der Waals surface area contributed by atoms with Crippen molar-refractivity contribution in [1.82, 2.24) is 4.31 Å². The van der Waals surface area contributed by atoms with Crippen molar-refractivity contribution in [3.05, 3.63) is 63.6 Å². The summed E-state index contributed by atoms with van der Waals surface area (Å²) in [5, 5.41) is 3.70. The zero-order valence-corrected chi connectivity index (χ0v) is 19.4. The van der Waals surface area contributed by atoms with Crippen molar-refractivity contribution in [2.75, 3.05) is 18.4 Å². The number of nitrogens with zero attached hydrogens (tertiary/aromatic N) is 1. The molecule has 1 fully saturated rings. The van der Waals surface area contributed by atoms with Gasteiger partial charge >= 0.3 is 0 Å². The van der Waals surface area contributed by atoms with Crippen molar-refractivity contribution in [3.63, 3.8) is 0 Å². The van der Waals surface area contributed by atoms with Crippen LogP contribution < -0.4 is 5.32 Å². The Hall–Kier alpha value is -1.60. The van der Waals surface area contributed by atoms with Gasteiger partial charge in [0.1, 0.15) is 0 Å². The Labute approximate surface area is 188 Å². The molecule has 8 heteroatoms. The van der Waals surface area contributed by atoms with Gasteiger partial charge in [-0.1, -0.05) is 55.2 Å². The monoisotopic (exact) mass is 468 g/mol. The van der Waals surface area contributed by atoms with Crippen molar-refractivity contribution in [2.24, 2.45) is 5.92 Å². The Kier molecular flexibility index (Phi) is 7.45. The second-order valence-corrected chi connectivity index (χ2v) is 10.8.